The summed E-state index contributed by atoms with van der Waals surface area (Å²) in [6.07, 6.45) is 2.74. The lowest BCUT2D eigenvalue weighted by Gasteiger charge is -1.99. The predicted molar refractivity (Wildman–Crippen MR) is 56.3 cm³/mol. The Morgan fingerprint density at radius 2 is 2.25 bits per heavy atom. The average Bonchev–Trinajstić information content (AvgIpc) is 2.51. The van der Waals surface area contributed by atoms with Crippen molar-refractivity contribution in [2.75, 3.05) is 0 Å². The van der Waals surface area contributed by atoms with Gasteiger partial charge in [-0.1, -0.05) is 0 Å². The summed E-state index contributed by atoms with van der Waals surface area (Å²) in [5, 5.41) is 17.8. The zero-order chi connectivity index (χ0) is 11.9. The first kappa shape index (κ1) is 10.2. The van der Waals surface area contributed by atoms with E-state index in [0.717, 1.165) is 11.3 Å². The summed E-state index contributed by atoms with van der Waals surface area (Å²) in [5.41, 5.74) is 2.77. The van der Waals surface area contributed by atoms with Crippen molar-refractivity contribution >= 4 is 11.6 Å². The number of aromatic carboxylic acids is 1. The number of aromatic nitrogens is 2. The Morgan fingerprint density at radius 1 is 1.56 bits per heavy atom. The van der Waals surface area contributed by atoms with Gasteiger partial charge in [0.2, 0.25) is 0 Å². The molecule has 80 valence electrons. The van der Waals surface area contributed by atoms with E-state index in [-0.39, 0.29) is 5.56 Å². The largest absolute Gasteiger partial charge is 0.478 e. The van der Waals surface area contributed by atoms with Gasteiger partial charge in [0, 0.05) is 18.1 Å². The summed E-state index contributed by atoms with van der Waals surface area (Å²) in [7, 11) is 0. The molecule has 0 aliphatic carbocycles. The maximum absolute atomic E-state index is 10.8. The molecule has 0 aliphatic rings. The molecule has 0 radical (unpaired) electrons. The van der Waals surface area contributed by atoms with E-state index >= 15 is 0 Å². The number of hydrogen-bond acceptors (Lipinski definition) is 3. The van der Waals surface area contributed by atoms with Crippen molar-refractivity contribution in [3.63, 3.8) is 0 Å². The Kier molecular flexibility index (Phi) is 2.13. The van der Waals surface area contributed by atoms with Crippen molar-refractivity contribution in [3.8, 4) is 6.07 Å². The highest BCUT2D eigenvalue weighted by Crippen LogP contribution is 2.20. The minimum atomic E-state index is -1.03. The SMILES string of the molecule is Cc1c(C#N)c2ncc(C(=O)O)cn2c1C. The Bertz CT molecular complexity index is 635. The Hall–Kier alpha value is -2.35. The van der Waals surface area contributed by atoms with Crippen molar-refractivity contribution in [2.45, 2.75) is 13.8 Å². The number of carboxylic acids is 1. The fourth-order valence-corrected chi connectivity index (χ4v) is 1.64. The van der Waals surface area contributed by atoms with E-state index in [4.69, 9.17) is 10.4 Å². The first-order valence-corrected chi connectivity index (χ1v) is 4.67. The fourth-order valence-electron chi connectivity index (χ4n) is 1.64. The number of hydrogen-bond donors (Lipinski definition) is 1. The second-order valence-corrected chi connectivity index (χ2v) is 3.54. The molecular weight excluding hydrogens is 206 g/mol. The van der Waals surface area contributed by atoms with Crippen LogP contribution in [0.2, 0.25) is 0 Å². The van der Waals surface area contributed by atoms with E-state index in [1.165, 1.54) is 12.4 Å². The minimum Gasteiger partial charge on any atom is -0.478 e. The summed E-state index contributed by atoms with van der Waals surface area (Å²) in [6.45, 7) is 3.65. The van der Waals surface area contributed by atoms with Crippen LogP contribution in [0.15, 0.2) is 12.4 Å². The number of nitrogens with zero attached hydrogens (tertiary/aromatic N) is 3. The van der Waals surface area contributed by atoms with Crippen LogP contribution in [0.3, 0.4) is 0 Å². The van der Waals surface area contributed by atoms with Gasteiger partial charge in [0.1, 0.15) is 6.07 Å². The summed E-state index contributed by atoms with van der Waals surface area (Å²) in [6, 6.07) is 2.08. The number of rotatable bonds is 1. The Morgan fingerprint density at radius 3 is 2.81 bits per heavy atom. The van der Waals surface area contributed by atoms with Crippen molar-refractivity contribution in [1.29, 1.82) is 5.26 Å². The molecule has 2 aromatic heterocycles. The maximum Gasteiger partial charge on any atom is 0.338 e. The third-order valence-corrected chi connectivity index (χ3v) is 2.68. The van der Waals surface area contributed by atoms with Gasteiger partial charge in [-0.15, -0.1) is 0 Å². The second kappa shape index (κ2) is 3.35. The van der Waals surface area contributed by atoms with Gasteiger partial charge in [0.05, 0.1) is 11.1 Å². The molecule has 0 fully saturated rings. The van der Waals surface area contributed by atoms with Crippen LogP contribution in [-0.4, -0.2) is 20.5 Å². The van der Waals surface area contributed by atoms with Gasteiger partial charge < -0.3 is 9.51 Å². The quantitative estimate of drug-likeness (QED) is 0.782. The molecule has 0 aromatic carbocycles. The fraction of sp³-hybridized carbons (Fsp3) is 0.182. The Labute approximate surface area is 91.6 Å². The minimum absolute atomic E-state index is 0.107. The molecule has 2 aromatic rings. The summed E-state index contributed by atoms with van der Waals surface area (Å²) >= 11 is 0. The summed E-state index contributed by atoms with van der Waals surface area (Å²) < 4.78 is 1.64. The van der Waals surface area contributed by atoms with Crippen molar-refractivity contribution in [2.24, 2.45) is 0 Å². The molecule has 0 aliphatic heterocycles. The molecule has 1 N–H and O–H groups in total. The molecule has 0 amide bonds. The van der Waals surface area contributed by atoms with Crippen LogP contribution in [0.25, 0.3) is 5.65 Å². The molecule has 2 rings (SSSR count). The van der Waals surface area contributed by atoms with E-state index in [1.54, 1.807) is 4.40 Å². The number of aryl methyl sites for hydroxylation is 1. The smallest absolute Gasteiger partial charge is 0.338 e. The molecule has 0 bridgehead atoms. The van der Waals surface area contributed by atoms with Crippen LogP contribution in [-0.2, 0) is 0 Å². The summed E-state index contributed by atoms with van der Waals surface area (Å²) in [5.74, 6) is -1.03. The van der Waals surface area contributed by atoms with Gasteiger partial charge in [0.25, 0.3) is 0 Å². The topological polar surface area (TPSA) is 78.4 Å². The standard InChI is InChI=1S/C11H9N3O2/c1-6-7(2)14-5-8(11(15)16)4-13-10(14)9(6)3-12/h4-5H,1-2H3,(H,15,16). The number of carbonyl (C=O) groups is 1. The zero-order valence-corrected chi connectivity index (χ0v) is 8.85. The molecule has 5 nitrogen and oxygen atoms in total. The third-order valence-electron chi connectivity index (χ3n) is 2.68. The van der Waals surface area contributed by atoms with Crippen LogP contribution >= 0.6 is 0 Å². The highest BCUT2D eigenvalue weighted by molar-refractivity contribution is 5.87. The maximum atomic E-state index is 10.8. The van der Waals surface area contributed by atoms with Crippen LogP contribution in [0.5, 0.6) is 0 Å². The van der Waals surface area contributed by atoms with E-state index in [2.05, 4.69) is 11.1 Å². The molecule has 0 saturated carbocycles. The third kappa shape index (κ3) is 1.24. The van der Waals surface area contributed by atoms with Gasteiger partial charge >= 0.3 is 5.97 Å². The van der Waals surface area contributed by atoms with Crippen molar-refractivity contribution in [1.82, 2.24) is 9.38 Å². The number of fused-ring (bicyclic) bond motifs is 1. The number of nitriles is 1. The van der Waals surface area contributed by atoms with Gasteiger partial charge in [-0.2, -0.15) is 5.26 Å². The lowest BCUT2D eigenvalue weighted by Crippen LogP contribution is -2.01. The highest BCUT2D eigenvalue weighted by atomic mass is 16.4. The van der Waals surface area contributed by atoms with Crippen LogP contribution < -0.4 is 0 Å². The van der Waals surface area contributed by atoms with Crippen LogP contribution in [0.1, 0.15) is 27.2 Å². The predicted octanol–water partition coefficient (Wildman–Crippen LogP) is 1.52. The van der Waals surface area contributed by atoms with E-state index < -0.39 is 5.97 Å². The zero-order valence-electron chi connectivity index (χ0n) is 8.85. The van der Waals surface area contributed by atoms with Crippen LogP contribution in [0.4, 0.5) is 0 Å². The van der Waals surface area contributed by atoms with Gasteiger partial charge in [-0.25, -0.2) is 9.78 Å². The first-order valence-electron chi connectivity index (χ1n) is 4.67. The molecule has 0 spiro atoms. The highest BCUT2D eigenvalue weighted by Gasteiger charge is 2.14. The van der Waals surface area contributed by atoms with Crippen LogP contribution in [0, 0.1) is 25.2 Å². The van der Waals surface area contributed by atoms with E-state index in [1.807, 2.05) is 13.8 Å². The van der Waals surface area contributed by atoms with E-state index in [9.17, 15) is 4.79 Å². The van der Waals surface area contributed by atoms with Gasteiger partial charge in [0.15, 0.2) is 5.65 Å². The lowest BCUT2D eigenvalue weighted by molar-refractivity contribution is 0.0696. The molecule has 16 heavy (non-hydrogen) atoms. The molecular formula is C11H9N3O2. The van der Waals surface area contributed by atoms with Crippen molar-refractivity contribution < 1.29 is 9.90 Å². The first-order chi connectivity index (χ1) is 7.56. The molecule has 2 heterocycles. The molecule has 0 atom stereocenters. The van der Waals surface area contributed by atoms with Gasteiger partial charge in [-0.05, 0) is 19.4 Å². The Balaban J connectivity index is 2.86. The summed E-state index contributed by atoms with van der Waals surface area (Å²) in [4.78, 5) is 14.8. The van der Waals surface area contributed by atoms with Gasteiger partial charge in [-0.3, -0.25) is 0 Å². The molecule has 0 unspecified atom stereocenters. The molecule has 0 saturated heterocycles. The second-order valence-electron chi connectivity index (χ2n) is 3.54. The monoisotopic (exact) mass is 215 g/mol. The lowest BCUT2D eigenvalue weighted by atomic mass is 10.2. The van der Waals surface area contributed by atoms with Crippen molar-refractivity contribution in [3.05, 3.63) is 34.8 Å². The molecule has 5 heteroatoms. The number of carboxylic acid groups (broad SMARTS) is 1. The normalized spacial score (nSPS) is 10.3. The average molecular weight is 215 g/mol. The van der Waals surface area contributed by atoms with E-state index in [0.29, 0.717) is 11.2 Å².